The highest BCUT2D eigenvalue weighted by atomic mass is 16.4. The zero-order chi connectivity index (χ0) is 25.9. The molecule has 0 saturated carbocycles. The van der Waals surface area contributed by atoms with E-state index in [1.165, 1.54) is 11.1 Å². The summed E-state index contributed by atoms with van der Waals surface area (Å²) in [4.78, 5) is 29.9. The molecule has 1 aromatic heterocycles. The molecule has 4 rings (SSSR count). The summed E-state index contributed by atoms with van der Waals surface area (Å²) in [6.45, 7) is 3.83. The number of carboxylic acid groups (broad SMARTS) is 1. The Morgan fingerprint density at radius 1 is 0.973 bits per heavy atom. The quantitative estimate of drug-likeness (QED) is 0.280. The zero-order valence-electron chi connectivity index (χ0n) is 21.1. The molecular formula is C31H35N3O3. The number of hydrogen-bond donors (Lipinski definition) is 2. The number of amides is 1. The number of likely N-dealkylation sites (tertiary alicyclic amines) is 1. The van der Waals surface area contributed by atoms with Gasteiger partial charge in [-0.2, -0.15) is 0 Å². The molecule has 0 bridgehead atoms. The summed E-state index contributed by atoms with van der Waals surface area (Å²) in [6, 6.07) is 21.7. The van der Waals surface area contributed by atoms with E-state index in [0.29, 0.717) is 18.0 Å². The van der Waals surface area contributed by atoms with Crippen LogP contribution in [0.2, 0.25) is 0 Å². The van der Waals surface area contributed by atoms with E-state index in [2.05, 4.69) is 39.5 Å². The average molecular weight is 498 g/mol. The molecular weight excluding hydrogens is 462 g/mol. The maximum Gasteiger partial charge on any atom is 0.335 e. The van der Waals surface area contributed by atoms with Gasteiger partial charge >= 0.3 is 5.97 Å². The second-order valence-corrected chi connectivity index (χ2v) is 9.61. The molecule has 192 valence electrons. The van der Waals surface area contributed by atoms with Crippen molar-refractivity contribution in [1.29, 1.82) is 0 Å². The SMILES string of the molecule is O=C(/C=C\c1cccnc1)NCCCCN1CCC(C(c2ccccc2)c2ccc(C(=O)O)cc2)CC1. The van der Waals surface area contributed by atoms with Gasteiger partial charge in [-0.15, -0.1) is 0 Å². The van der Waals surface area contributed by atoms with Crippen LogP contribution >= 0.6 is 0 Å². The fourth-order valence-electron chi connectivity index (χ4n) is 5.12. The van der Waals surface area contributed by atoms with E-state index in [1.54, 1.807) is 36.7 Å². The summed E-state index contributed by atoms with van der Waals surface area (Å²) >= 11 is 0. The molecule has 1 atom stereocenters. The summed E-state index contributed by atoms with van der Waals surface area (Å²) in [6.07, 6.45) is 11.0. The van der Waals surface area contributed by atoms with Crippen LogP contribution < -0.4 is 5.32 Å². The molecule has 2 heterocycles. The third-order valence-electron chi connectivity index (χ3n) is 7.09. The summed E-state index contributed by atoms with van der Waals surface area (Å²) < 4.78 is 0. The van der Waals surface area contributed by atoms with Gasteiger partial charge < -0.3 is 15.3 Å². The van der Waals surface area contributed by atoms with Crippen molar-refractivity contribution in [3.05, 3.63) is 107 Å². The molecule has 1 amide bonds. The Morgan fingerprint density at radius 3 is 2.38 bits per heavy atom. The molecule has 37 heavy (non-hydrogen) atoms. The predicted molar refractivity (Wildman–Crippen MR) is 146 cm³/mol. The fourth-order valence-corrected chi connectivity index (χ4v) is 5.12. The molecule has 1 fully saturated rings. The highest BCUT2D eigenvalue weighted by Gasteiger charge is 2.28. The van der Waals surface area contributed by atoms with Gasteiger partial charge in [-0.05, 0) is 92.2 Å². The van der Waals surface area contributed by atoms with Crippen molar-refractivity contribution in [3.8, 4) is 0 Å². The largest absolute Gasteiger partial charge is 0.478 e. The Balaban J connectivity index is 1.22. The summed E-state index contributed by atoms with van der Waals surface area (Å²) in [7, 11) is 0. The molecule has 1 aliphatic heterocycles. The maximum absolute atomic E-state index is 12.0. The first kappa shape index (κ1) is 26.3. The molecule has 1 aliphatic rings. The number of carbonyl (C=O) groups excluding carboxylic acids is 1. The van der Waals surface area contributed by atoms with Gasteiger partial charge in [-0.3, -0.25) is 9.78 Å². The molecule has 1 saturated heterocycles. The second-order valence-electron chi connectivity index (χ2n) is 9.61. The van der Waals surface area contributed by atoms with Crippen LogP contribution in [0.5, 0.6) is 0 Å². The number of hydrogen-bond acceptors (Lipinski definition) is 4. The van der Waals surface area contributed by atoms with E-state index in [-0.39, 0.29) is 11.8 Å². The standard InChI is InChI=1S/C31H35N3O3/c35-29(15-10-24-7-6-18-32-23-24)33-19-4-5-20-34-21-16-27(17-22-34)30(25-8-2-1-3-9-25)26-11-13-28(14-12-26)31(36)37/h1-3,6-15,18,23,27,30H,4-5,16-17,19-22H2,(H,33,35)(H,36,37)/b15-10-. The normalized spacial score (nSPS) is 15.5. The molecule has 2 N–H and O–H groups in total. The lowest BCUT2D eigenvalue weighted by molar-refractivity contribution is -0.116. The van der Waals surface area contributed by atoms with Gasteiger partial charge in [-0.1, -0.05) is 48.5 Å². The van der Waals surface area contributed by atoms with E-state index in [4.69, 9.17) is 0 Å². The number of unbranched alkanes of at least 4 members (excludes halogenated alkanes) is 1. The van der Waals surface area contributed by atoms with Crippen molar-refractivity contribution in [2.24, 2.45) is 5.92 Å². The van der Waals surface area contributed by atoms with Crippen LogP contribution in [-0.4, -0.2) is 53.0 Å². The Bertz CT molecular complexity index is 1160. The predicted octanol–water partition coefficient (Wildman–Crippen LogP) is 5.23. The topological polar surface area (TPSA) is 82.5 Å². The fraction of sp³-hybridized carbons (Fsp3) is 0.323. The average Bonchev–Trinajstić information content (AvgIpc) is 2.94. The Morgan fingerprint density at radius 2 is 1.70 bits per heavy atom. The number of pyridine rings is 1. The molecule has 0 aliphatic carbocycles. The van der Waals surface area contributed by atoms with Crippen LogP contribution in [0.1, 0.15) is 58.6 Å². The van der Waals surface area contributed by atoms with Crippen molar-refractivity contribution < 1.29 is 14.7 Å². The van der Waals surface area contributed by atoms with Crippen LogP contribution in [0.15, 0.2) is 85.2 Å². The van der Waals surface area contributed by atoms with Gasteiger partial charge in [0.2, 0.25) is 5.91 Å². The van der Waals surface area contributed by atoms with Crippen molar-refractivity contribution >= 4 is 18.0 Å². The Kier molecular flexibility index (Phi) is 9.60. The minimum atomic E-state index is -0.892. The van der Waals surface area contributed by atoms with Gasteiger partial charge in [0.25, 0.3) is 0 Å². The van der Waals surface area contributed by atoms with Gasteiger partial charge in [0, 0.05) is 30.9 Å². The van der Waals surface area contributed by atoms with E-state index < -0.39 is 5.97 Å². The molecule has 2 aromatic carbocycles. The highest BCUT2D eigenvalue weighted by Crippen LogP contribution is 2.38. The molecule has 0 spiro atoms. The smallest absolute Gasteiger partial charge is 0.335 e. The lowest BCUT2D eigenvalue weighted by Gasteiger charge is -2.36. The first-order valence-electron chi connectivity index (χ1n) is 13.1. The van der Waals surface area contributed by atoms with Gasteiger partial charge in [-0.25, -0.2) is 4.79 Å². The molecule has 1 unspecified atom stereocenters. The molecule has 3 aromatic rings. The third kappa shape index (κ3) is 7.86. The molecule has 0 radical (unpaired) electrons. The lowest BCUT2D eigenvalue weighted by atomic mass is 9.76. The number of aromatic carboxylic acids is 1. The third-order valence-corrected chi connectivity index (χ3v) is 7.09. The minimum absolute atomic E-state index is 0.0759. The summed E-state index contributed by atoms with van der Waals surface area (Å²) in [5.41, 5.74) is 3.71. The number of carbonyl (C=O) groups is 2. The van der Waals surface area contributed by atoms with E-state index in [0.717, 1.165) is 50.9 Å². The van der Waals surface area contributed by atoms with Crippen molar-refractivity contribution in [1.82, 2.24) is 15.2 Å². The number of nitrogens with zero attached hydrogens (tertiary/aromatic N) is 2. The number of aromatic nitrogens is 1. The minimum Gasteiger partial charge on any atom is -0.478 e. The van der Waals surface area contributed by atoms with Crippen LogP contribution in [0.25, 0.3) is 6.08 Å². The van der Waals surface area contributed by atoms with Crippen molar-refractivity contribution in [2.75, 3.05) is 26.2 Å². The lowest BCUT2D eigenvalue weighted by Crippen LogP contribution is -2.36. The van der Waals surface area contributed by atoms with Gasteiger partial charge in [0.1, 0.15) is 0 Å². The number of nitrogens with one attached hydrogen (secondary N) is 1. The molecule has 6 nitrogen and oxygen atoms in total. The van der Waals surface area contributed by atoms with E-state index >= 15 is 0 Å². The van der Waals surface area contributed by atoms with Crippen LogP contribution in [0, 0.1) is 5.92 Å². The summed E-state index contributed by atoms with van der Waals surface area (Å²) in [5, 5.41) is 12.2. The second kappa shape index (κ2) is 13.5. The van der Waals surface area contributed by atoms with Crippen molar-refractivity contribution in [3.63, 3.8) is 0 Å². The molecule has 6 heteroatoms. The van der Waals surface area contributed by atoms with Crippen LogP contribution in [0.3, 0.4) is 0 Å². The number of rotatable bonds is 11. The van der Waals surface area contributed by atoms with Crippen molar-refractivity contribution in [2.45, 2.75) is 31.6 Å². The Hall–Kier alpha value is -3.77. The van der Waals surface area contributed by atoms with Crippen LogP contribution in [-0.2, 0) is 4.79 Å². The van der Waals surface area contributed by atoms with Gasteiger partial charge in [0.15, 0.2) is 0 Å². The number of carboxylic acids is 1. The Labute approximate surface area is 219 Å². The maximum atomic E-state index is 12.0. The van der Waals surface area contributed by atoms with Gasteiger partial charge in [0.05, 0.1) is 5.56 Å². The highest BCUT2D eigenvalue weighted by molar-refractivity contribution is 5.91. The van der Waals surface area contributed by atoms with Crippen LogP contribution in [0.4, 0.5) is 0 Å². The first-order chi connectivity index (χ1) is 18.1. The summed E-state index contributed by atoms with van der Waals surface area (Å²) in [5.74, 6) is -0.189. The first-order valence-corrected chi connectivity index (χ1v) is 13.1. The zero-order valence-corrected chi connectivity index (χ0v) is 21.1. The monoisotopic (exact) mass is 497 g/mol. The van der Waals surface area contributed by atoms with E-state index in [9.17, 15) is 14.7 Å². The van der Waals surface area contributed by atoms with E-state index in [1.807, 2.05) is 30.3 Å². The number of piperidine rings is 1. The number of benzene rings is 2.